The minimum atomic E-state index is -0.347. The maximum atomic E-state index is 12.5. The molecule has 9 nitrogen and oxygen atoms in total. The number of likely N-dealkylation sites (N-methyl/N-ethyl adjacent to an activating group) is 1. The van der Waals surface area contributed by atoms with Gasteiger partial charge in [0, 0.05) is 35.3 Å². The monoisotopic (exact) mass is 473 g/mol. The van der Waals surface area contributed by atoms with Crippen LogP contribution in [0.1, 0.15) is 12.5 Å². The van der Waals surface area contributed by atoms with E-state index >= 15 is 0 Å². The molecule has 2 N–H and O–H groups in total. The smallest absolute Gasteiger partial charge is 0.320 e. The average molecular weight is 474 g/mol. The van der Waals surface area contributed by atoms with Crippen LogP contribution in [0.15, 0.2) is 54.9 Å². The number of esters is 1. The van der Waals surface area contributed by atoms with Crippen molar-refractivity contribution < 1.29 is 19.1 Å². The summed E-state index contributed by atoms with van der Waals surface area (Å²) in [6.45, 7) is 2.63. The third-order valence-electron chi connectivity index (χ3n) is 4.90. The van der Waals surface area contributed by atoms with E-state index in [0.717, 1.165) is 11.3 Å². The summed E-state index contributed by atoms with van der Waals surface area (Å²) in [5.74, 6) is 2.96. The van der Waals surface area contributed by atoms with Gasteiger partial charge in [-0.25, -0.2) is 9.97 Å². The second kappa shape index (κ2) is 12.2. The van der Waals surface area contributed by atoms with Gasteiger partial charge in [0.2, 0.25) is 5.91 Å². The second-order valence-corrected chi connectivity index (χ2v) is 7.54. The van der Waals surface area contributed by atoms with Crippen molar-refractivity contribution in [3.05, 3.63) is 60.4 Å². The average Bonchev–Trinajstić information content (AvgIpc) is 2.84. The summed E-state index contributed by atoms with van der Waals surface area (Å²) >= 11 is 0. The molecule has 0 fully saturated rings. The molecule has 1 aromatic heterocycles. The van der Waals surface area contributed by atoms with Gasteiger partial charge in [-0.05, 0) is 38.2 Å². The van der Waals surface area contributed by atoms with Crippen molar-refractivity contribution in [2.45, 2.75) is 6.92 Å². The summed E-state index contributed by atoms with van der Waals surface area (Å²) in [4.78, 5) is 34.5. The molecule has 1 heterocycles. The van der Waals surface area contributed by atoms with E-state index in [0.29, 0.717) is 41.3 Å². The van der Waals surface area contributed by atoms with Crippen LogP contribution in [0.3, 0.4) is 0 Å². The lowest BCUT2D eigenvalue weighted by Crippen LogP contribution is -2.27. The molecule has 180 valence electrons. The Balaban J connectivity index is 1.77. The molecular formula is C26H27N5O4. The molecular weight excluding hydrogens is 446 g/mol. The number of anilines is 3. The van der Waals surface area contributed by atoms with Gasteiger partial charge in [-0.1, -0.05) is 18.1 Å². The number of hydrogen-bond acceptors (Lipinski definition) is 8. The predicted molar refractivity (Wildman–Crippen MR) is 136 cm³/mol. The summed E-state index contributed by atoms with van der Waals surface area (Å²) in [6, 6.07) is 10.9. The van der Waals surface area contributed by atoms with Crippen molar-refractivity contribution in [1.29, 1.82) is 0 Å². The molecule has 35 heavy (non-hydrogen) atoms. The Labute approximate surface area is 204 Å². The summed E-state index contributed by atoms with van der Waals surface area (Å²) in [5, 5.41) is 6.77. The van der Waals surface area contributed by atoms with Crippen LogP contribution in [-0.2, 0) is 14.3 Å². The number of carbonyl (C=O) groups is 2. The Hall–Kier alpha value is -4.42. The first-order valence-corrected chi connectivity index (χ1v) is 10.9. The number of benzene rings is 2. The Bertz CT molecular complexity index is 1280. The van der Waals surface area contributed by atoms with Gasteiger partial charge in [-0.15, -0.1) is 6.42 Å². The topological polar surface area (TPSA) is 106 Å². The quantitative estimate of drug-likeness (QED) is 0.262. The first kappa shape index (κ1) is 25.2. The summed E-state index contributed by atoms with van der Waals surface area (Å²) < 4.78 is 10.4. The fourth-order valence-corrected chi connectivity index (χ4v) is 3.28. The summed E-state index contributed by atoms with van der Waals surface area (Å²) in [6.07, 6.45) is 10.0. The number of nitrogens with zero attached hydrogens (tertiary/aromatic N) is 3. The van der Waals surface area contributed by atoms with Crippen LogP contribution in [0.25, 0.3) is 10.9 Å². The Kier molecular flexibility index (Phi) is 8.76. The van der Waals surface area contributed by atoms with Gasteiger partial charge < -0.3 is 20.1 Å². The number of terminal acetylenes is 1. The Morgan fingerprint density at radius 3 is 2.80 bits per heavy atom. The molecule has 3 aromatic rings. The first-order valence-electron chi connectivity index (χ1n) is 10.9. The number of rotatable bonds is 10. The van der Waals surface area contributed by atoms with Crippen LogP contribution in [0.4, 0.5) is 17.2 Å². The molecule has 0 aliphatic heterocycles. The number of hydrogen-bond donors (Lipinski definition) is 2. The zero-order chi connectivity index (χ0) is 25.2. The fourth-order valence-electron chi connectivity index (χ4n) is 3.28. The minimum Gasteiger partial charge on any atom is -0.494 e. The molecule has 0 saturated carbocycles. The molecule has 0 aliphatic carbocycles. The highest BCUT2D eigenvalue weighted by molar-refractivity contribution is 6.03. The minimum absolute atomic E-state index is 0.137. The zero-order valence-electron chi connectivity index (χ0n) is 19.9. The van der Waals surface area contributed by atoms with E-state index in [2.05, 4.69) is 26.5 Å². The number of methoxy groups -OCH3 is 1. The summed E-state index contributed by atoms with van der Waals surface area (Å²) in [7, 11) is 3.28. The number of fused-ring (bicyclic) bond motifs is 1. The number of ether oxygens (including phenoxy) is 2. The van der Waals surface area contributed by atoms with E-state index in [-0.39, 0.29) is 18.4 Å². The third kappa shape index (κ3) is 7.03. The Morgan fingerprint density at radius 1 is 1.23 bits per heavy atom. The number of nitrogens with one attached hydrogen (secondary N) is 2. The van der Waals surface area contributed by atoms with E-state index < -0.39 is 0 Å². The maximum absolute atomic E-state index is 12.5. The van der Waals surface area contributed by atoms with Gasteiger partial charge in [0.15, 0.2) is 0 Å². The molecule has 2 aromatic carbocycles. The van der Waals surface area contributed by atoms with E-state index in [1.807, 2.05) is 24.3 Å². The van der Waals surface area contributed by atoms with Gasteiger partial charge >= 0.3 is 5.97 Å². The largest absolute Gasteiger partial charge is 0.494 e. The SMILES string of the molecule is C#Cc1cccc(Nc2ncnc3cc(OC)c(NC(=O)/C=C/CN(C)CC(=O)OCC)cc23)c1. The molecule has 1 amide bonds. The van der Waals surface area contributed by atoms with Crippen molar-refractivity contribution in [2.75, 3.05) is 44.5 Å². The van der Waals surface area contributed by atoms with E-state index in [1.165, 1.54) is 19.5 Å². The highest BCUT2D eigenvalue weighted by Gasteiger charge is 2.13. The first-order chi connectivity index (χ1) is 16.9. The van der Waals surface area contributed by atoms with Gasteiger partial charge in [-0.2, -0.15) is 0 Å². The zero-order valence-corrected chi connectivity index (χ0v) is 19.9. The van der Waals surface area contributed by atoms with Crippen LogP contribution in [0, 0.1) is 12.3 Å². The lowest BCUT2D eigenvalue weighted by molar-refractivity contribution is -0.143. The number of carbonyl (C=O) groups excluding carboxylic acids is 2. The van der Waals surface area contributed by atoms with Crippen LogP contribution in [0.2, 0.25) is 0 Å². The second-order valence-electron chi connectivity index (χ2n) is 7.54. The van der Waals surface area contributed by atoms with Crippen molar-refractivity contribution in [3.8, 4) is 18.1 Å². The van der Waals surface area contributed by atoms with E-state index in [9.17, 15) is 9.59 Å². The van der Waals surface area contributed by atoms with Crippen molar-refractivity contribution in [1.82, 2.24) is 14.9 Å². The van der Waals surface area contributed by atoms with Crippen LogP contribution < -0.4 is 15.4 Å². The molecule has 0 unspecified atom stereocenters. The van der Waals surface area contributed by atoms with Crippen molar-refractivity contribution >= 4 is 40.0 Å². The molecule has 0 saturated heterocycles. The lowest BCUT2D eigenvalue weighted by atomic mass is 10.1. The van der Waals surface area contributed by atoms with Gasteiger partial charge in [0.25, 0.3) is 0 Å². The fraction of sp³-hybridized carbons (Fsp3) is 0.231. The molecule has 3 rings (SSSR count). The third-order valence-corrected chi connectivity index (χ3v) is 4.90. The van der Waals surface area contributed by atoms with E-state index in [1.54, 1.807) is 37.1 Å². The molecule has 9 heteroatoms. The lowest BCUT2D eigenvalue weighted by Gasteiger charge is -2.14. The van der Waals surface area contributed by atoms with Crippen LogP contribution in [0.5, 0.6) is 5.75 Å². The highest BCUT2D eigenvalue weighted by Crippen LogP contribution is 2.33. The van der Waals surface area contributed by atoms with E-state index in [4.69, 9.17) is 15.9 Å². The van der Waals surface area contributed by atoms with Gasteiger partial charge in [0.1, 0.15) is 17.9 Å². The van der Waals surface area contributed by atoms with Crippen LogP contribution in [-0.4, -0.2) is 60.6 Å². The highest BCUT2D eigenvalue weighted by atomic mass is 16.5. The molecule has 0 spiro atoms. The summed E-state index contributed by atoms with van der Waals surface area (Å²) in [5.41, 5.74) is 2.62. The molecule has 0 bridgehead atoms. The molecule has 0 radical (unpaired) electrons. The number of amides is 1. The Morgan fingerprint density at radius 2 is 2.06 bits per heavy atom. The molecule has 0 aliphatic rings. The maximum Gasteiger partial charge on any atom is 0.320 e. The standard InChI is InChI=1S/C26H27N5O4/c1-5-18-9-7-10-19(13-18)29-26-20-14-22(23(34-4)15-21(20)27-17-28-26)30-24(32)11-8-12-31(3)16-25(33)35-6-2/h1,7-11,13-15,17H,6,12,16H2,2-4H3,(H,30,32)(H,27,28,29)/b11-8+. The predicted octanol–water partition coefficient (Wildman–Crippen LogP) is 3.35. The normalized spacial score (nSPS) is 10.8. The van der Waals surface area contributed by atoms with Crippen molar-refractivity contribution in [2.24, 2.45) is 0 Å². The van der Waals surface area contributed by atoms with Gasteiger partial charge in [0.05, 0.1) is 31.5 Å². The molecule has 0 atom stereocenters. The van der Waals surface area contributed by atoms with Gasteiger partial charge in [-0.3, -0.25) is 14.5 Å². The number of aromatic nitrogens is 2. The van der Waals surface area contributed by atoms with Crippen LogP contribution >= 0.6 is 0 Å². The van der Waals surface area contributed by atoms with Crippen molar-refractivity contribution in [3.63, 3.8) is 0 Å².